The second kappa shape index (κ2) is 6.97. The molecule has 1 aliphatic carbocycles. The molecule has 2 unspecified atom stereocenters. The average molecular weight is 416 g/mol. The zero-order valence-electron chi connectivity index (χ0n) is 17.3. The van der Waals surface area contributed by atoms with Crippen molar-refractivity contribution >= 4 is 23.0 Å². The molecule has 3 aromatic heterocycles. The maximum absolute atomic E-state index is 12.6. The Kier molecular flexibility index (Phi) is 4.09. The number of piperidine rings is 1. The molecule has 2 fully saturated rings. The first-order valence-electron chi connectivity index (χ1n) is 10.7. The van der Waals surface area contributed by atoms with Gasteiger partial charge >= 0.3 is 6.03 Å². The van der Waals surface area contributed by atoms with Crippen LogP contribution in [0.5, 0.6) is 0 Å². The Morgan fingerprint density at radius 1 is 1.06 bits per heavy atom. The molecule has 2 saturated heterocycles. The van der Waals surface area contributed by atoms with Crippen LogP contribution >= 0.6 is 0 Å². The summed E-state index contributed by atoms with van der Waals surface area (Å²) in [6.45, 7) is 1.65. The Balaban J connectivity index is 1.25. The van der Waals surface area contributed by atoms with Crippen molar-refractivity contribution in [2.24, 2.45) is 7.05 Å². The van der Waals surface area contributed by atoms with Crippen molar-refractivity contribution in [1.29, 1.82) is 0 Å². The van der Waals surface area contributed by atoms with E-state index in [0.717, 1.165) is 48.9 Å². The zero-order valence-corrected chi connectivity index (χ0v) is 17.3. The third-order valence-electron chi connectivity index (χ3n) is 6.56. The molecule has 0 spiro atoms. The maximum atomic E-state index is 12.6. The number of nitrogens with one attached hydrogen (secondary N) is 1. The van der Waals surface area contributed by atoms with Crippen LogP contribution in [0.3, 0.4) is 0 Å². The summed E-state index contributed by atoms with van der Waals surface area (Å²) >= 11 is 0. The van der Waals surface area contributed by atoms with Crippen molar-refractivity contribution in [1.82, 2.24) is 34.3 Å². The van der Waals surface area contributed by atoms with Crippen molar-refractivity contribution in [3.63, 3.8) is 0 Å². The summed E-state index contributed by atoms with van der Waals surface area (Å²) in [6, 6.07) is 4.41. The molecule has 3 aliphatic rings. The SMILES string of the molecule is Cn1c(-n2cccc2)nc2c(N3CCC(N4C(=O)NC5C=CC=CC54)CC3)ncnc21. The van der Waals surface area contributed by atoms with Crippen LogP contribution in [0, 0.1) is 0 Å². The van der Waals surface area contributed by atoms with Gasteiger partial charge in [-0.1, -0.05) is 24.3 Å². The highest BCUT2D eigenvalue weighted by molar-refractivity contribution is 5.85. The van der Waals surface area contributed by atoms with Gasteiger partial charge in [-0.3, -0.25) is 9.13 Å². The molecule has 9 heteroatoms. The molecule has 2 atom stereocenters. The fraction of sp³-hybridized carbons (Fsp3) is 0.364. The number of fused-ring (bicyclic) bond motifs is 2. The van der Waals surface area contributed by atoms with E-state index in [1.807, 2.05) is 57.8 Å². The summed E-state index contributed by atoms with van der Waals surface area (Å²) in [5.74, 6) is 1.68. The standard InChI is InChI=1S/C22H24N8O/c1-27-19-18(26-21(27)29-10-4-5-11-29)20(24-14-23-19)28-12-8-15(9-13-28)30-17-7-3-2-6-16(17)25-22(30)31/h2-7,10-11,14-17H,8-9,12-13H2,1H3,(H,25,31). The van der Waals surface area contributed by atoms with Gasteiger partial charge in [-0.15, -0.1) is 0 Å². The van der Waals surface area contributed by atoms with Crippen LogP contribution in [0.4, 0.5) is 10.6 Å². The van der Waals surface area contributed by atoms with E-state index in [9.17, 15) is 4.79 Å². The lowest BCUT2D eigenvalue weighted by Crippen LogP contribution is -2.49. The van der Waals surface area contributed by atoms with Crippen LogP contribution in [-0.4, -0.2) is 66.2 Å². The van der Waals surface area contributed by atoms with Gasteiger partial charge in [0.25, 0.3) is 0 Å². The van der Waals surface area contributed by atoms with Gasteiger partial charge < -0.3 is 15.1 Å². The second-order valence-electron chi connectivity index (χ2n) is 8.29. The normalized spacial score (nSPS) is 23.6. The summed E-state index contributed by atoms with van der Waals surface area (Å²) in [7, 11) is 1.97. The monoisotopic (exact) mass is 416 g/mol. The molecule has 9 nitrogen and oxygen atoms in total. The fourth-order valence-corrected chi connectivity index (χ4v) is 5.02. The third-order valence-corrected chi connectivity index (χ3v) is 6.56. The Morgan fingerprint density at radius 2 is 1.84 bits per heavy atom. The lowest BCUT2D eigenvalue weighted by Gasteiger charge is -2.39. The van der Waals surface area contributed by atoms with Gasteiger partial charge in [0.1, 0.15) is 6.33 Å². The number of anilines is 1. The molecule has 0 bridgehead atoms. The van der Waals surface area contributed by atoms with E-state index in [2.05, 4.69) is 32.3 Å². The average Bonchev–Trinajstić information content (AvgIpc) is 3.51. The highest BCUT2D eigenvalue weighted by Gasteiger charge is 2.42. The number of nitrogens with zero attached hydrogens (tertiary/aromatic N) is 7. The van der Waals surface area contributed by atoms with Crippen molar-refractivity contribution in [3.05, 3.63) is 55.2 Å². The number of carbonyl (C=O) groups excluding carboxylic acids is 1. The smallest absolute Gasteiger partial charge is 0.318 e. The number of carbonyl (C=O) groups is 1. The quantitative estimate of drug-likeness (QED) is 0.706. The number of rotatable bonds is 3. The molecular weight excluding hydrogens is 392 g/mol. The molecule has 3 aromatic rings. The summed E-state index contributed by atoms with van der Waals surface area (Å²) in [5.41, 5.74) is 1.63. The van der Waals surface area contributed by atoms with Crippen LogP contribution in [0.2, 0.25) is 0 Å². The number of imidazole rings is 1. The molecule has 2 amide bonds. The Labute approximate surface area is 179 Å². The summed E-state index contributed by atoms with van der Waals surface area (Å²) in [5, 5.41) is 3.09. The van der Waals surface area contributed by atoms with E-state index >= 15 is 0 Å². The molecule has 31 heavy (non-hydrogen) atoms. The second-order valence-corrected chi connectivity index (χ2v) is 8.29. The highest BCUT2D eigenvalue weighted by Crippen LogP contribution is 2.30. The molecular formula is C22H24N8O. The van der Waals surface area contributed by atoms with Gasteiger partial charge in [0.2, 0.25) is 5.95 Å². The van der Waals surface area contributed by atoms with E-state index in [-0.39, 0.29) is 24.2 Å². The van der Waals surface area contributed by atoms with E-state index in [1.54, 1.807) is 6.33 Å². The number of hydrogen-bond donors (Lipinski definition) is 1. The van der Waals surface area contributed by atoms with E-state index in [1.165, 1.54) is 0 Å². The Hall–Kier alpha value is -3.62. The van der Waals surface area contributed by atoms with Crippen molar-refractivity contribution in [2.75, 3.05) is 18.0 Å². The molecule has 5 heterocycles. The van der Waals surface area contributed by atoms with E-state index in [4.69, 9.17) is 4.98 Å². The van der Waals surface area contributed by atoms with Crippen molar-refractivity contribution < 1.29 is 4.79 Å². The van der Waals surface area contributed by atoms with Gasteiger partial charge in [-0.05, 0) is 25.0 Å². The zero-order chi connectivity index (χ0) is 20.9. The lowest BCUT2D eigenvalue weighted by atomic mass is 9.98. The van der Waals surface area contributed by atoms with Gasteiger partial charge in [0.05, 0.1) is 12.1 Å². The van der Waals surface area contributed by atoms with Gasteiger partial charge in [0, 0.05) is 38.6 Å². The van der Waals surface area contributed by atoms with Crippen LogP contribution in [0.15, 0.2) is 55.2 Å². The van der Waals surface area contributed by atoms with Gasteiger partial charge in [-0.25, -0.2) is 19.7 Å². The molecule has 6 rings (SSSR count). The number of urea groups is 1. The summed E-state index contributed by atoms with van der Waals surface area (Å²) in [6.07, 6.45) is 15.6. The molecule has 1 N–H and O–H groups in total. The molecule has 2 aliphatic heterocycles. The molecule has 158 valence electrons. The number of hydrogen-bond acceptors (Lipinski definition) is 5. The summed E-state index contributed by atoms with van der Waals surface area (Å²) < 4.78 is 3.97. The molecule has 0 aromatic carbocycles. The Bertz CT molecular complexity index is 1190. The predicted octanol–water partition coefficient (Wildman–Crippen LogP) is 2.01. The lowest BCUT2D eigenvalue weighted by molar-refractivity contribution is 0.171. The van der Waals surface area contributed by atoms with Crippen molar-refractivity contribution in [3.8, 4) is 5.95 Å². The van der Waals surface area contributed by atoms with Crippen molar-refractivity contribution in [2.45, 2.75) is 31.0 Å². The first kappa shape index (κ1) is 18.2. The predicted molar refractivity (Wildman–Crippen MR) is 117 cm³/mol. The molecule has 0 saturated carbocycles. The number of allylic oxidation sites excluding steroid dienone is 2. The highest BCUT2D eigenvalue weighted by atomic mass is 16.2. The first-order valence-corrected chi connectivity index (χ1v) is 10.7. The van der Waals surface area contributed by atoms with E-state index in [0.29, 0.717) is 0 Å². The minimum Gasteiger partial charge on any atom is -0.355 e. The minimum absolute atomic E-state index is 0.0372. The largest absolute Gasteiger partial charge is 0.355 e. The maximum Gasteiger partial charge on any atom is 0.318 e. The topological polar surface area (TPSA) is 84.1 Å². The first-order chi connectivity index (χ1) is 15.2. The van der Waals surface area contributed by atoms with E-state index < -0.39 is 0 Å². The van der Waals surface area contributed by atoms with Crippen LogP contribution in [0.25, 0.3) is 17.1 Å². The van der Waals surface area contributed by atoms with Crippen LogP contribution in [-0.2, 0) is 7.05 Å². The third kappa shape index (κ3) is 2.83. The number of amides is 2. The Morgan fingerprint density at radius 3 is 2.65 bits per heavy atom. The molecule has 0 radical (unpaired) electrons. The van der Waals surface area contributed by atoms with Crippen LogP contribution in [0.1, 0.15) is 12.8 Å². The van der Waals surface area contributed by atoms with Crippen LogP contribution < -0.4 is 10.2 Å². The summed E-state index contributed by atoms with van der Waals surface area (Å²) in [4.78, 5) is 30.8. The number of aromatic nitrogens is 5. The number of aryl methyl sites for hydroxylation is 1. The minimum atomic E-state index is 0.0372. The fourth-order valence-electron chi connectivity index (χ4n) is 5.02. The van der Waals surface area contributed by atoms with Gasteiger partial charge in [-0.2, -0.15) is 0 Å². The van der Waals surface area contributed by atoms with Gasteiger partial charge in [0.15, 0.2) is 17.0 Å².